The van der Waals surface area contributed by atoms with Crippen LogP contribution < -0.4 is 5.73 Å². The molecule has 3 aromatic rings. The van der Waals surface area contributed by atoms with Crippen LogP contribution >= 0.6 is 27.5 Å². The molecule has 0 bridgehead atoms. The fraction of sp³-hybridized carbons (Fsp3) is 0.188. The van der Waals surface area contributed by atoms with E-state index < -0.39 is 0 Å². The Morgan fingerprint density at radius 3 is 2.71 bits per heavy atom. The standard InChI is InChI=1S/C16H15BrClN3/c1-2-21-15-4-3-10(9-19)5-14(15)20-16(21)11-6-12(17)8-13(18)7-11/h3-8H,2,9,19H2,1H3. The van der Waals surface area contributed by atoms with Gasteiger partial charge in [0.25, 0.3) is 0 Å². The maximum Gasteiger partial charge on any atom is 0.141 e. The van der Waals surface area contributed by atoms with Crippen LogP contribution in [0.25, 0.3) is 22.4 Å². The topological polar surface area (TPSA) is 43.8 Å². The second-order valence-electron chi connectivity index (χ2n) is 4.86. The number of hydrogen-bond acceptors (Lipinski definition) is 2. The predicted molar refractivity (Wildman–Crippen MR) is 91.4 cm³/mol. The summed E-state index contributed by atoms with van der Waals surface area (Å²) in [5, 5.41) is 0.691. The van der Waals surface area contributed by atoms with E-state index >= 15 is 0 Å². The molecule has 0 unspecified atom stereocenters. The van der Waals surface area contributed by atoms with Crippen molar-refractivity contribution in [2.24, 2.45) is 5.73 Å². The Hall–Kier alpha value is -1.36. The van der Waals surface area contributed by atoms with E-state index in [9.17, 15) is 0 Å². The lowest BCUT2D eigenvalue weighted by Gasteiger charge is -2.07. The number of benzene rings is 2. The minimum absolute atomic E-state index is 0.521. The highest BCUT2D eigenvalue weighted by Gasteiger charge is 2.13. The van der Waals surface area contributed by atoms with Crippen LogP contribution in [0.1, 0.15) is 12.5 Å². The highest BCUT2D eigenvalue weighted by molar-refractivity contribution is 9.10. The largest absolute Gasteiger partial charge is 0.326 e. The van der Waals surface area contributed by atoms with Gasteiger partial charge in [0.1, 0.15) is 5.82 Å². The van der Waals surface area contributed by atoms with Gasteiger partial charge in [-0.15, -0.1) is 0 Å². The molecule has 1 heterocycles. The van der Waals surface area contributed by atoms with Crippen molar-refractivity contribution in [1.82, 2.24) is 9.55 Å². The summed E-state index contributed by atoms with van der Waals surface area (Å²) in [6.07, 6.45) is 0. The van der Waals surface area contributed by atoms with E-state index in [4.69, 9.17) is 22.3 Å². The Kier molecular flexibility index (Phi) is 4.02. The van der Waals surface area contributed by atoms with Crippen LogP contribution in [0.3, 0.4) is 0 Å². The molecule has 0 amide bonds. The summed E-state index contributed by atoms with van der Waals surface area (Å²) in [7, 11) is 0. The zero-order chi connectivity index (χ0) is 15.0. The van der Waals surface area contributed by atoms with Gasteiger partial charge in [0.2, 0.25) is 0 Å². The molecular weight excluding hydrogens is 350 g/mol. The monoisotopic (exact) mass is 363 g/mol. The summed E-state index contributed by atoms with van der Waals surface area (Å²) in [5.74, 6) is 0.921. The van der Waals surface area contributed by atoms with Gasteiger partial charge in [0.15, 0.2) is 0 Å². The van der Waals surface area contributed by atoms with Crippen molar-refractivity contribution < 1.29 is 0 Å². The Bertz CT molecular complexity index is 790. The summed E-state index contributed by atoms with van der Waals surface area (Å²) < 4.78 is 3.13. The van der Waals surface area contributed by atoms with Crippen LogP contribution in [0.4, 0.5) is 0 Å². The molecule has 5 heteroatoms. The van der Waals surface area contributed by atoms with E-state index in [1.165, 1.54) is 0 Å². The maximum atomic E-state index is 6.16. The van der Waals surface area contributed by atoms with Crippen molar-refractivity contribution in [2.75, 3.05) is 0 Å². The number of imidazole rings is 1. The van der Waals surface area contributed by atoms with Crippen molar-refractivity contribution in [3.8, 4) is 11.4 Å². The maximum absolute atomic E-state index is 6.16. The third-order valence-electron chi connectivity index (χ3n) is 3.49. The Morgan fingerprint density at radius 2 is 2.05 bits per heavy atom. The summed E-state index contributed by atoms with van der Waals surface area (Å²) in [5.41, 5.74) is 9.87. The van der Waals surface area contributed by atoms with Gasteiger partial charge in [-0.1, -0.05) is 33.6 Å². The Balaban J connectivity index is 2.26. The van der Waals surface area contributed by atoms with Gasteiger partial charge >= 0.3 is 0 Å². The first-order chi connectivity index (χ1) is 10.1. The summed E-state index contributed by atoms with van der Waals surface area (Å²) in [6, 6.07) is 12.0. The zero-order valence-corrected chi connectivity index (χ0v) is 13.9. The third-order valence-corrected chi connectivity index (χ3v) is 4.16. The van der Waals surface area contributed by atoms with Crippen LogP contribution in [0, 0.1) is 0 Å². The summed E-state index contributed by atoms with van der Waals surface area (Å²) in [6.45, 7) is 3.48. The van der Waals surface area contributed by atoms with Crippen LogP contribution in [-0.2, 0) is 13.1 Å². The van der Waals surface area contributed by atoms with Crippen molar-refractivity contribution >= 4 is 38.6 Å². The quantitative estimate of drug-likeness (QED) is 0.738. The molecule has 108 valence electrons. The van der Waals surface area contributed by atoms with E-state index in [-0.39, 0.29) is 0 Å². The van der Waals surface area contributed by atoms with Gasteiger partial charge in [-0.2, -0.15) is 0 Å². The molecule has 0 saturated heterocycles. The summed E-state index contributed by atoms with van der Waals surface area (Å²) >= 11 is 9.64. The van der Waals surface area contributed by atoms with Gasteiger partial charge in [0, 0.05) is 28.1 Å². The second-order valence-corrected chi connectivity index (χ2v) is 6.22. The molecule has 0 aliphatic rings. The van der Waals surface area contributed by atoms with E-state index in [0.717, 1.165) is 39.0 Å². The second kappa shape index (κ2) is 5.79. The molecule has 2 N–H and O–H groups in total. The molecule has 2 aromatic carbocycles. The van der Waals surface area contributed by atoms with Crippen LogP contribution in [-0.4, -0.2) is 9.55 Å². The van der Waals surface area contributed by atoms with Gasteiger partial charge in [-0.3, -0.25) is 0 Å². The van der Waals surface area contributed by atoms with Gasteiger partial charge in [-0.05, 0) is 42.8 Å². The predicted octanol–water partition coefficient (Wildman–Crippen LogP) is 4.60. The molecule has 3 rings (SSSR count). The van der Waals surface area contributed by atoms with Crippen LogP contribution in [0.2, 0.25) is 5.02 Å². The van der Waals surface area contributed by atoms with E-state index in [1.807, 2.05) is 30.3 Å². The van der Waals surface area contributed by atoms with Gasteiger partial charge in [0.05, 0.1) is 11.0 Å². The first-order valence-electron chi connectivity index (χ1n) is 6.78. The van der Waals surface area contributed by atoms with Crippen LogP contribution in [0.15, 0.2) is 40.9 Å². The van der Waals surface area contributed by atoms with Gasteiger partial charge in [-0.25, -0.2) is 4.98 Å². The highest BCUT2D eigenvalue weighted by Crippen LogP contribution is 2.30. The molecule has 0 radical (unpaired) electrons. The minimum Gasteiger partial charge on any atom is -0.326 e. The highest BCUT2D eigenvalue weighted by atomic mass is 79.9. The molecule has 0 saturated carbocycles. The number of aromatic nitrogens is 2. The average molecular weight is 365 g/mol. The van der Waals surface area contributed by atoms with E-state index in [2.05, 4.69) is 33.5 Å². The van der Waals surface area contributed by atoms with Crippen molar-refractivity contribution in [3.63, 3.8) is 0 Å². The number of nitrogens with two attached hydrogens (primary N) is 1. The molecule has 0 fully saturated rings. The van der Waals surface area contributed by atoms with Gasteiger partial charge < -0.3 is 10.3 Å². The lowest BCUT2D eigenvalue weighted by atomic mass is 10.2. The molecule has 3 nitrogen and oxygen atoms in total. The molecule has 0 atom stereocenters. The molecule has 0 aliphatic carbocycles. The molecule has 0 aliphatic heterocycles. The normalized spacial score (nSPS) is 11.2. The van der Waals surface area contributed by atoms with Crippen molar-refractivity contribution in [1.29, 1.82) is 0 Å². The molecular formula is C16H15BrClN3. The first kappa shape index (κ1) is 14.6. The number of rotatable bonds is 3. The number of nitrogens with zero attached hydrogens (tertiary/aromatic N) is 2. The molecule has 1 aromatic heterocycles. The lowest BCUT2D eigenvalue weighted by molar-refractivity contribution is 0.796. The van der Waals surface area contributed by atoms with Crippen LogP contribution in [0.5, 0.6) is 0 Å². The number of hydrogen-bond donors (Lipinski definition) is 1. The zero-order valence-electron chi connectivity index (χ0n) is 11.6. The number of aryl methyl sites for hydroxylation is 1. The van der Waals surface area contributed by atoms with Crippen molar-refractivity contribution in [2.45, 2.75) is 20.0 Å². The lowest BCUT2D eigenvalue weighted by Crippen LogP contribution is -1.98. The smallest absolute Gasteiger partial charge is 0.141 e. The van der Waals surface area contributed by atoms with E-state index in [1.54, 1.807) is 0 Å². The number of halogens is 2. The number of fused-ring (bicyclic) bond motifs is 1. The fourth-order valence-electron chi connectivity index (χ4n) is 2.53. The van der Waals surface area contributed by atoms with Crippen molar-refractivity contribution in [3.05, 3.63) is 51.5 Å². The molecule has 21 heavy (non-hydrogen) atoms. The molecule has 0 spiro atoms. The Labute approximate surface area is 136 Å². The fourth-order valence-corrected chi connectivity index (χ4v) is 3.39. The third kappa shape index (κ3) is 2.71. The average Bonchev–Trinajstić information content (AvgIpc) is 2.83. The minimum atomic E-state index is 0.521. The SMILES string of the molecule is CCn1c(-c2cc(Cl)cc(Br)c2)nc2cc(CN)ccc21. The van der Waals surface area contributed by atoms with E-state index in [0.29, 0.717) is 11.6 Å². The first-order valence-corrected chi connectivity index (χ1v) is 7.95. The Morgan fingerprint density at radius 1 is 1.24 bits per heavy atom. The summed E-state index contributed by atoms with van der Waals surface area (Å²) in [4.78, 5) is 4.77.